The lowest BCUT2D eigenvalue weighted by molar-refractivity contribution is -0.123. The van der Waals surface area contributed by atoms with Crippen LogP contribution in [-0.4, -0.2) is 44.5 Å². The molecule has 0 spiro atoms. The maximum absolute atomic E-state index is 11.2. The summed E-state index contributed by atoms with van der Waals surface area (Å²) < 4.78 is 1.23. The number of rotatable bonds is 7. The van der Waals surface area contributed by atoms with Crippen molar-refractivity contribution in [2.75, 3.05) is 39.0 Å². The third kappa shape index (κ3) is 7.17. The Labute approximate surface area is 128 Å². The van der Waals surface area contributed by atoms with E-state index in [0.717, 1.165) is 18.8 Å². The Hall–Kier alpha value is -1.08. The summed E-state index contributed by atoms with van der Waals surface area (Å²) in [6.07, 6.45) is 3.42. The lowest BCUT2D eigenvalue weighted by Crippen LogP contribution is -2.23. The smallest absolute Gasteiger partial charge is 0.245 e. The highest BCUT2D eigenvalue weighted by molar-refractivity contribution is 14.1. The predicted molar refractivity (Wildman–Crippen MR) is 88.4 cm³/mol. The van der Waals surface area contributed by atoms with Crippen molar-refractivity contribution in [3.8, 4) is 0 Å². The largest absolute Gasteiger partial charge is 0.384 e. The minimum atomic E-state index is 0.0128. The highest BCUT2D eigenvalue weighted by Gasteiger charge is 1.95. The molecule has 1 amide bonds. The second-order valence-electron chi connectivity index (χ2n) is 4.27. The Morgan fingerprint density at radius 3 is 2.58 bits per heavy atom. The fourth-order valence-corrected chi connectivity index (χ4v) is 1.72. The van der Waals surface area contributed by atoms with Gasteiger partial charge in [-0.15, -0.1) is 0 Å². The van der Waals surface area contributed by atoms with Crippen LogP contribution in [0.2, 0.25) is 0 Å². The summed E-state index contributed by atoms with van der Waals surface area (Å²) in [6.45, 7) is 2.41. The molecule has 0 unspecified atom stereocenters. The van der Waals surface area contributed by atoms with Crippen LogP contribution >= 0.6 is 22.6 Å². The molecule has 0 aromatic heterocycles. The van der Waals surface area contributed by atoms with Crippen LogP contribution < -0.4 is 10.6 Å². The molecule has 0 saturated carbocycles. The molecule has 1 aromatic carbocycles. The first-order valence-electron chi connectivity index (χ1n) is 6.17. The summed E-state index contributed by atoms with van der Waals surface area (Å²) in [4.78, 5) is 12.8. The van der Waals surface area contributed by atoms with Crippen molar-refractivity contribution in [1.82, 2.24) is 10.2 Å². The van der Waals surface area contributed by atoms with E-state index in [1.54, 1.807) is 25.1 Å². The van der Waals surface area contributed by atoms with Crippen molar-refractivity contribution < 1.29 is 4.79 Å². The molecule has 0 aliphatic rings. The molecule has 2 N–H and O–H groups in total. The lowest BCUT2D eigenvalue weighted by Gasteiger charge is -2.07. The maximum atomic E-state index is 11.2. The van der Waals surface area contributed by atoms with E-state index in [-0.39, 0.29) is 5.91 Å². The number of hydrogen-bond donors (Lipinski definition) is 2. The average Bonchev–Trinajstić information content (AvgIpc) is 2.39. The Morgan fingerprint density at radius 1 is 1.26 bits per heavy atom. The summed E-state index contributed by atoms with van der Waals surface area (Å²) in [5, 5.41) is 6.56. The summed E-state index contributed by atoms with van der Waals surface area (Å²) in [5.74, 6) is 0.0128. The molecular weight excluding hydrogens is 353 g/mol. The van der Waals surface area contributed by atoms with E-state index in [9.17, 15) is 4.79 Å². The van der Waals surface area contributed by atoms with Gasteiger partial charge in [0.15, 0.2) is 0 Å². The number of amides is 1. The highest BCUT2D eigenvalue weighted by Crippen LogP contribution is 2.10. The molecule has 19 heavy (non-hydrogen) atoms. The topological polar surface area (TPSA) is 44.4 Å². The lowest BCUT2D eigenvalue weighted by atomic mass is 10.3. The van der Waals surface area contributed by atoms with Gasteiger partial charge in [0.2, 0.25) is 5.91 Å². The molecule has 4 nitrogen and oxygen atoms in total. The van der Waals surface area contributed by atoms with Crippen molar-refractivity contribution >= 4 is 34.2 Å². The molecule has 0 aliphatic heterocycles. The van der Waals surface area contributed by atoms with E-state index >= 15 is 0 Å². The monoisotopic (exact) mass is 373 g/mol. The normalized spacial score (nSPS) is 10.7. The second kappa shape index (κ2) is 8.92. The standard InChI is InChI=1S/C14H20IN3O/c1-18(2)14(19)4-3-9-16-10-11-17-13-7-5-12(15)6-8-13/h3-8,16-17H,9-11H2,1-2H3/b4-3+. The van der Waals surface area contributed by atoms with E-state index in [1.165, 1.54) is 3.57 Å². The van der Waals surface area contributed by atoms with Gasteiger partial charge >= 0.3 is 0 Å². The summed E-state index contributed by atoms with van der Waals surface area (Å²) in [6, 6.07) is 8.28. The molecular formula is C14H20IN3O. The van der Waals surface area contributed by atoms with Gasteiger partial charge in [-0.25, -0.2) is 0 Å². The molecule has 0 atom stereocenters. The van der Waals surface area contributed by atoms with E-state index in [1.807, 2.05) is 6.08 Å². The zero-order valence-electron chi connectivity index (χ0n) is 11.3. The van der Waals surface area contributed by atoms with Gasteiger partial charge in [0.25, 0.3) is 0 Å². The van der Waals surface area contributed by atoms with Gasteiger partial charge in [0.1, 0.15) is 0 Å². The Kier molecular flexibility index (Phi) is 7.50. The van der Waals surface area contributed by atoms with Crippen LogP contribution in [-0.2, 0) is 4.79 Å². The van der Waals surface area contributed by atoms with Crippen LogP contribution in [0.4, 0.5) is 5.69 Å². The van der Waals surface area contributed by atoms with Gasteiger partial charge in [-0.3, -0.25) is 4.79 Å². The molecule has 0 fully saturated rings. The number of carbonyl (C=O) groups is 1. The number of anilines is 1. The number of nitrogens with zero attached hydrogens (tertiary/aromatic N) is 1. The number of benzene rings is 1. The SMILES string of the molecule is CN(C)C(=O)/C=C/CNCCNc1ccc(I)cc1. The zero-order valence-corrected chi connectivity index (χ0v) is 13.5. The first kappa shape index (κ1) is 16.0. The second-order valence-corrected chi connectivity index (χ2v) is 5.52. The van der Waals surface area contributed by atoms with Crippen molar-refractivity contribution in [2.45, 2.75) is 0 Å². The number of nitrogens with one attached hydrogen (secondary N) is 2. The molecule has 0 bridgehead atoms. The van der Waals surface area contributed by atoms with E-state index in [4.69, 9.17) is 0 Å². The fraction of sp³-hybridized carbons (Fsp3) is 0.357. The highest BCUT2D eigenvalue weighted by atomic mass is 127. The first-order valence-corrected chi connectivity index (χ1v) is 7.25. The number of hydrogen-bond acceptors (Lipinski definition) is 3. The number of halogens is 1. The van der Waals surface area contributed by atoms with E-state index in [2.05, 4.69) is 57.5 Å². The van der Waals surface area contributed by atoms with Crippen LogP contribution in [0.15, 0.2) is 36.4 Å². The summed E-state index contributed by atoms with van der Waals surface area (Å²) in [7, 11) is 3.48. The quantitative estimate of drug-likeness (QED) is 0.436. The fourth-order valence-electron chi connectivity index (χ4n) is 1.36. The average molecular weight is 373 g/mol. The third-order valence-corrected chi connectivity index (χ3v) is 3.16. The van der Waals surface area contributed by atoms with Crippen LogP contribution in [0.1, 0.15) is 0 Å². The van der Waals surface area contributed by atoms with Gasteiger partial charge in [0, 0.05) is 49.1 Å². The molecule has 104 valence electrons. The van der Waals surface area contributed by atoms with Crippen molar-refractivity contribution in [3.05, 3.63) is 40.0 Å². The van der Waals surface area contributed by atoms with Crippen LogP contribution in [0.25, 0.3) is 0 Å². The molecule has 0 heterocycles. The first-order chi connectivity index (χ1) is 9.09. The minimum Gasteiger partial charge on any atom is -0.384 e. The number of carbonyl (C=O) groups excluding carboxylic acids is 1. The Morgan fingerprint density at radius 2 is 1.95 bits per heavy atom. The number of likely N-dealkylation sites (N-methyl/N-ethyl adjacent to an activating group) is 1. The maximum Gasteiger partial charge on any atom is 0.245 e. The van der Waals surface area contributed by atoms with Crippen molar-refractivity contribution in [1.29, 1.82) is 0 Å². The molecule has 1 aromatic rings. The van der Waals surface area contributed by atoms with Gasteiger partial charge < -0.3 is 15.5 Å². The zero-order chi connectivity index (χ0) is 14.1. The van der Waals surface area contributed by atoms with Crippen LogP contribution in [0, 0.1) is 3.57 Å². The predicted octanol–water partition coefficient (Wildman–Crippen LogP) is 1.94. The third-order valence-electron chi connectivity index (χ3n) is 2.44. The van der Waals surface area contributed by atoms with Crippen LogP contribution in [0.3, 0.4) is 0 Å². The van der Waals surface area contributed by atoms with Gasteiger partial charge in [0.05, 0.1) is 0 Å². The van der Waals surface area contributed by atoms with Crippen molar-refractivity contribution in [3.63, 3.8) is 0 Å². The van der Waals surface area contributed by atoms with Crippen LogP contribution in [0.5, 0.6) is 0 Å². The molecule has 0 aliphatic carbocycles. The Bertz CT molecular complexity index is 415. The van der Waals surface area contributed by atoms with E-state index in [0.29, 0.717) is 6.54 Å². The molecule has 0 saturated heterocycles. The van der Waals surface area contributed by atoms with Gasteiger partial charge in [-0.1, -0.05) is 6.08 Å². The molecule has 5 heteroatoms. The summed E-state index contributed by atoms with van der Waals surface area (Å²) >= 11 is 2.29. The minimum absolute atomic E-state index is 0.0128. The molecule has 0 radical (unpaired) electrons. The van der Waals surface area contributed by atoms with Crippen molar-refractivity contribution in [2.24, 2.45) is 0 Å². The summed E-state index contributed by atoms with van der Waals surface area (Å²) in [5.41, 5.74) is 1.13. The Balaban J connectivity index is 2.08. The van der Waals surface area contributed by atoms with E-state index < -0.39 is 0 Å². The molecule has 1 rings (SSSR count). The van der Waals surface area contributed by atoms with Gasteiger partial charge in [-0.05, 0) is 46.9 Å². The van der Waals surface area contributed by atoms with Gasteiger partial charge in [-0.2, -0.15) is 0 Å².